The quantitative estimate of drug-likeness (QED) is 0.387. The van der Waals surface area contributed by atoms with Crippen molar-refractivity contribution in [2.45, 2.75) is 20.5 Å². The molecule has 0 bridgehead atoms. The van der Waals surface area contributed by atoms with Gasteiger partial charge in [-0.1, -0.05) is 11.2 Å². The monoisotopic (exact) mass is 271 g/mol. The fourth-order valence-electron chi connectivity index (χ4n) is 1.73. The molecule has 2 aromatic rings. The van der Waals surface area contributed by atoms with Crippen LogP contribution in [-0.2, 0) is 6.61 Å². The molecule has 0 saturated carbocycles. The van der Waals surface area contributed by atoms with Crippen LogP contribution in [0.2, 0.25) is 0 Å². The van der Waals surface area contributed by atoms with Crippen molar-refractivity contribution in [1.29, 1.82) is 0 Å². The number of ether oxygens (including phenoxy) is 1. The molecule has 5 nitrogen and oxygen atoms in total. The van der Waals surface area contributed by atoms with Gasteiger partial charge in [0.1, 0.15) is 18.1 Å². The number of hydrogen-bond donors (Lipinski definition) is 2. The standard InChI is InChI=1S/C15H17N3O2/c1-10-3-4-13(7-11(10)2)20-9-12-5-6-17-14(8-12)15(16)18-19/h3-8,19H,9H2,1-2H3,(H2,16,18). The average molecular weight is 271 g/mol. The normalized spacial score (nSPS) is 11.4. The number of nitrogens with zero attached hydrogens (tertiary/aromatic N) is 2. The third kappa shape index (κ3) is 3.26. The lowest BCUT2D eigenvalue weighted by atomic mass is 10.1. The molecular weight excluding hydrogens is 254 g/mol. The fraction of sp³-hybridized carbons (Fsp3) is 0.200. The van der Waals surface area contributed by atoms with E-state index in [1.165, 1.54) is 11.1 Å². The van der Waals surface area contributed by atoms with Gasteiger partial charge in [0.15, 0.2) is 5.84 Å². The van der Waals surface area contributed by atoms with Crippen molar-refractivity contribution in [2.24, 2.45) is 10.9 Å². The van der Waals surface area contributed by atoms with Gasteiger partial charge in [0.05, 0.1) is 0 Å². The number of aryl methyl sites for hydroxylation is 2. The highest BCUT2D eigenvalue weighted by atomic mass is 16.5. The zero-order valence-electron chi connectivity index (χ0n) is 11.5. The summed E-state index contributed by atoms with van der Waals surface area (Å²) in [4.78, 5) is 4.02. The maximum absolute atomic E-state index is 8.64. The second kappa shape index (κ2) is 6.06. The molecule has 20 heavy (non-hydrogen) atoms. The highest BCUT2D eigenvalue weighted by Gasteiger charge is 2.03. The van der Waals surface area contributed by atoms with Crippen molar-refractivity contribution >= 4 is 5.84 Å². The van der Waals surface area contributed by atoms with E-state index in [9.17, 15) is 0 Å². The van der Waals surface area contributed by atoms with E-state index in [1.807, 2.05) is 31.2 Å². The fourth-order valence-corrected chi connectivity index (χ4v) is 1.73. The Hall–Kier alpha value is -2.56. The SMILES string of the molecule is Cc1ccc(OCc2ccnc(C(N)=NO)c2)cc1C. The Balaban J connectivity index is 2.09. The molecule has 0 aliphatic heterocycles. The van der Waals surface area contributed by atoms with Crippen molar-refractivity contribution in [3.63, 3.8) is 0 Å². The molecule has 0 spiro atoms. The summed E-state index contributed by atoms with van der Waals surface area (Å²) in [7, 11) is 0. The summed E-state index contributed by atoms with van der Waals surface area (Å²) in [5.41, 5.74) is 9.25. The van der Waals surface area contributed by atoms with Crippen LogP contribution in [0.4, 0.5) is 0 Å². The van der Waals surface area contributed by atoms with Gasteiger partial charge >= 0.3 is 0 Å². The van der Waals surface area contributed by atoms with Crippen LogP contribution in [0.3, 0.4) is 0 Å². The first-order valence-electron chi connectivity index (χ1n) is 6.23. The molecule has 1 heterocycles. The van der Waals surface area contributed by atoms with E-state index in [0.717, 1.165) is 11.3 Å². The average Bonchev–Trinajstić information content (AvgIpc) is 2.48. The van der Waals surface area contributed by atoms with Crippen molar-refractivity contribution < 1.29 is 9.94 Å². The summed E-state index contributed by atoms with van der Waals surface area (Å²) >= 11 is 0. The summed E-state index contributed by atoms with van der Waals surface area (Å²) < 4.78 is 5.73. The Bertz CT molecular complexity index is 639. The lowest BCUT2D eigenvalue weighted by Crippen LogP contribution is -2.15. The van der Waals surface area contributed by atoms with Gasteiger partial charge in [-0.25, -0.2) is 0 Å². The summed E-state index contributed by atoms with van der Waals surface area (Å²) in [5.74, 6) is 0.799. The van der Waals surface area contributed by atoms with E-state index in [1.54, 1.807) is 12.3 Å². The molecule has 0 aliphatic rings. The second-order valence-corrected chi connectivity index (χ2v) is 4.57. The smallest absolute Gasteiger partial charge is 0.188 e. The van der Waals surface area contributed by atoms with E-state index in [4.69, 9.17) is 15.7 Å². The van der Waals surface area contributed by atoms with Crippen LogP contribution >= 0.6 is 0 Å². The van der Waals surface area contributed by atoms with Gasteiger partial charge in [-0.2, -0.15) is 0 Å². The van der Waals surface area contributed by atoms with Gasteiger partial charge in [-0.05, 0) is 54.8 Å². The number of pyridine rings is 1. The molecule has 0 aliphatic carbocycles. The molecular formula is C15H17N3O2. The van der Waals surface area contributed by atoms with Crippen LogP contribution in [0.25, 0.3) is 0 Å². The second-order valence-electron chi connectivity index (χ2n) is 4.57. The lowest BCUT2D eigenvalue weighted by Gasteiger charge is -2.09. The molecule has 0 amide bonds. The number of nitrogens with two attached hydrogens (primary N) is 1. The molecule has 2 rings (SSSR count). The number of amidine groups is 1. The minimum absolute atomic E-state index is 0.0157. The Morgan fingerprint density at radius 1 is 1.25 bits per heavy atom. The first kappa shape index (κ1) is 13.9. The molecule has 1 aromatic carbocycles. The van der Waals surface area contributed by atoms with Crippen LogP contribution in [0.5, 0.6) is 5.75 Å². The predicted octanol–water partition coefficient (Wildman–Crippen LogP) is 2.37. The zero-order chi connectivity index (χ0) is 14.5. The van der Waals surface area contributed by atoms with Crippen molar-refractivity contribution in [1.82, 2.24) is 4.98 Å². The number of rotatable bonds is 4. The first-order chi connectivity index (χ1) is 9.60. The van der Waals surface area contributed by atoms with Crippen molar-refractivity contribution in [3.8, 4) is 5.75 Å². The van der Waals surface area contributed by atoms with Crippen LogP contribution in [0.1, 0.15) is 22.4 Å². The maximum Gasteiger partial charge on any atom is 0.188 e. The molecule has 0 saturated heterocycles. The van der Waals surface area contributed by atoms with Gasteiger partial charge in [-0.3, -0.25) is 4.98 Å². The number of benzene rings is 1. The maximum atomic E-state index is 8.64. The summed E-state index contributed by atoms with van der Waals surface area (Å²) in [6.45, 7) is 4.51. The van der Waals surface area contributed by atoms with E-state index in [-0.39, 0.29) is 5.84 Å². The molecule has 1 aromatic heterocycles. The van der Waals surface area contributed by atoms with E-state index in [0.29, 0.717) is 12.3 Å². The molecule has 0 atom stereocenters. The lowest BCUT2D eigenvalue weighted by molar-refractivity contribution is 0.305. The Labute approximate surface area is 117 Å². The van der Waals surface area contributed by atoms with E-state index < -0.39 is 0 Å². The first-order valence-corrected chi connectivity index (χ1v) is 6.23. The summed E-state index contributed by atoms with van der Waals surface area (Å²) in [5, 5.41) is 11.6. The minimum Gasteiger partial charge on any atom is -0.489 e. The topological polar surface area (TPSA) is 80.7 Å². The van der Waals surface area contributed by atoms with E-state index >= 15 is 0 Å². The van der Waals surface area contributed by atoms with Crippen molar-refractivity contribution in [3.05, 3.63) is 58.9 Å². The molecule has 104 valence electrons. The Morgan fingerprint density at radius 3 is 2.75 bits per heavy atom. The Morgan fingerprint density at radius 2 is 2.05 bits per heavy atom. The van der Waals surface area contributed by atoms with Gasteiger partial charge in [0.25, 0.3) is 0 Å². The molecule has 0 unspecified atom stereocenters. The van der Waals surface area contributed by atoms with Gasteiger partial charge in [0, 0.05) is 6.20 Å². The van der Waals surface area contributed by atoms with Crippen LogP contribution in [-0.4, -0.2) is 16.0 Å². The van der Waals surface area contributed by atoms with Gasteiger partial charge in [0.2, 0.25) is 0 Å². The van der Waals surface area contributed by atoms with Gasteiger partial charge in [-0.15, -0.1) is 0 Å². The molecule has 0 fully saturated rings. The largest absolute Gasteiger partial charge is 0.489 e. The Kier molecular flexibility index (Phi) is 4.20. The van der Waals surface area contributed by atoms with Crippen LogP contribution < -0.4 is 10.5 Å². The summed E-state index contributed by atoms with van der Waals surface area (Å²) in [6, 6.07) is 9.53. The van der Waals surface area contributed by atoms with Crippen LogP contribution in [0, 0.1) is 13.8 Å². The molecule has 5 heteroatoms. The number of hydrogen-bond acceptors (Lipinski definition) is 4. The minimum atomic E-state index is -0.0157. The van der Waals surface area contributed by atoms with Crippen molar-refractivity contribution in [2.75, 3.05) is 0 Å². The molecule has 0 radical (unpaired) electrons. The van der Waals surface area contributed by atoms with Crippen LogP contribution in [0.15, 0.2) is 41.7 Å². The summed E-state index contributed by atoms with van der Waals surface area (Å²) in [6.07, 6.45) is 1.60. The highest BCUT2D eigenvalue weighted by molar-refractivity contribution is 5.95. The van der Waals surface area contributed by atoms with E-state index in [2.05, 4.69) is 17.1 Å². The molecule has 3 N–H and O–H groups in total. The predicted molar refractivity (Wildman–Crippen MR) is 77.0 cm³/mol. The van der Waals surface area contributed by atoms with Gasteiger partial charge < -0.3 is 15.7 Å². The third-order valence-electron chi connectivity index (χ3n) is 3.08. The highest BCUT2D eigenvalue weighted by Crippen LogP contribution is 2.17. The third-order valence-corrected chi connectivity index (χ3v) is 3.08. The number of aromatic nitrogens is 1. The zero-order valence-corrected chi connectivity index (χ0v) is 11.5. The number of oxime groups is 1.